The van der Waals surface area contributed by atoms with Crippen molar-refractivity contribution in [3.05, 3.63) is 42.5 Å². The van der Waals surface area contributed by atoms with Crippen LogP contribution in [0.15, 0.2) is 36.9 Å². The van der Waals surface area contributed by atoms with E-state index in [1.54, 1.807) is 30.0 Å². The number of hydrogen-bond acceptors (Lipinski definition) is 5. The van der Waals surface area contributed by atoms with E-state index >= 15 is 0 Å². The molecule has 1 unspecified atom stereocenters. The second kappa shape index (κ2) is 16.2. The quantitative estimate of drug-likeness (QED) is 0.282. The van der Waals surface area contributed by atoms with E-state index in [-0.39, 0.29) is 12.7 Å². The Morgan fingerprint density at radius 3 is 2.42 bits per heavy atom. The van der Waals surface area contributed by atoms with Gasteiger partial charge in [0.2, 0.25) is 0 Å². The zero-order valence-electron chi connectivity index (χ0n) is 18.9. The summed E-state index contributed by atoms with van der Waals surface area (Å²) in [4.78, 5) is 25.1. The number of benzene rings is 1. The highest BCUT2D eigenvalue weighted by atomic mass is 16.6. The summed E-state index contributed by atoms with van der Waals surface area (Å²) in [5.74, 6) is -0.310. The van der Waals surface area contributed by atoms with Crippen LogP contribution in [-0.4, -0.2) is 61.1 Å². The van der Waals surface area contributed by atoms with E-state index in [2.05, 4.69) is 13.5 Å². The first-order valence-electron chi connectivity index (χ1n) is 11.1. The minimum Gasteiger partial charge on any atom is -0.492 e. The normalized spacial score (nSPS) is 11.5. The number of amides is 1. The average Bonchev–Trinajstić information content (AvgIpc) is 2.76. The lowest BCUT2D eigenvalue weighted by Crippen LogP contribution is -2.36. The summed E-state index contributed by atoms with van der Waals surface area (Å²) >= 11 is 0. The SMILES string of the molecule is C=CCOC(=O)N(CCCCCCC)CCOc1ccc(CC(OCC)C(=O)O)cc1. The third-order valence-electron chi connectivity index (χ3n) is 4.73. The molecule has 7 nitrogen and oxygen atoms in total. The number of carbonyl (C=O) groups is 2. The van der Waals surface area contributed by atoms with Gasteiger partial charge < -0.3 is 24.2 Å². The molecule has 1 N–H and O–H groups in total. The van der Waals surface area contributed by atoms with Crippen LogP contribution in [0.4, 0.5) is 4.79 Å². The molecule has 1 aromatic rings. The molecular weight excluding hydrogens is 398 g/mol. The van der Waals surface area contributed by atoms with Crippen LogP contribution in [0.3, 0.4) is 0 Å². The van der Waals surface area contributed by atoms with Crippen LogP contribution in [0.1, 0.15) is 51.5 Å². The fraction of sp³-hybridized carbons (Fsp3) is 0.583. The zero-order chi connectivity index (χ0) is 22.9. The van der Waals surface area contributed by atoms with Crippen LogP contribution < -0.4 is 4.74 Å². The number of carboxylic acid groups (broad SMARTS) is 1. The predicted octanol–water partition coefficient (Wildman–Crippen LogP) is 4.69. The summed E-state index contributed by atoms with van der Waals surface area (Å²) in [6.07, 6.45) is 6.21. The van der Waals surface area contributed by atoms with Crippen LogP contribution in [0, 0.1) is 0 Å². The van der Waals surface area contributed by atoms with Gasteiger partial charge in [0.25, 0.3) is 0 Å². The minimum absolute atomic E-state index is 0.187. The van der Waals surface area contributed by atoms with Gasteiger partial charge >= 0.3 is 12.1 Å². The van der Waals surface area contributed by atoms with Crippen LogP contribution in [0.5, 0.6) is 5.75 Å². The fourth-order valence-electron chi connectivity index (χ4n) is 3.05. The fourth-order valence-corrected chi connectivity index (χ4v) is 3.05. The van der Waals surface area contributed by atoms with Crippen molar-refractivity contribution in [2.24, 2.45) is 0 Å². The summed E-state index contributed by atoms with van der Waals surface area (Å²) in [5.41, 5.74) is 0.856. The molecule has 0 aliphatic heterocycles. The maximum absolute atomic E-state index is 12.3. The molecule has 1 amide bonds. The van der Waals surface area contributed by atoms with Crippen LogP contribution >= 0.6 is 0 Å². The number of carboxylic acids is 1. The van der Waals surface area contributed by atoms with Crippen LogP contribution in [0.2, 0.25) is 0 Å². The van der Waals surface area contributed by atoms with Crippen LogP contribution in [-0.2, 0) is 20.7 Å². The highest BCUT2D eigenvalue weighted by molar-refractivity contribution is 5.72. The molecule has 7 heteroatoms. The molecule has 0 aromatic heterocycles. The van der Waals surface area contributed by atoms with Crippen molar-refractivity contribution in [3.63, 3.8) is 0 Å². The molecule has 0 radical (unpaired) electrons. The van der Waals surface area contributed by atoms with Gasteiger partial charge in [-0.15, -0.1) is 0 Å². The van der Waals surface area contributed by atoms with E-state index in [1.165, 1.54) is 19.3 Å². The molecule has 0 spiro atoms. The van der Waals surface area contributed by atoms with E-state index < -0.39 is 12.1 Å². The largest absolute Gasteiger partial charge is 0.492 e. The van der Waals surface area contributed by atoms with Crippen LogP contribution in [0.25, 0.3) is 0 Å². The molecule has 0 saturated carbocycles. The van der Waals surface area contributed by atoms with Gasteiger partial charge in [-0.2, -0.15) is 0 Å². The summed E-state index contributed by atoms with van der Waals surface area (Å²) in [7, 11) is 0. The summed E-state index contributed by atoms with van der Waals surface area (Å²) in [6, 6.07) is 7.25. The van der Waals surface area contributed by atoms with Gasteiger partial charge in [-0.05, 0) is 31.0 Å². The number of ether oxygens (including phenoxy) is 3. The molecule has 174 valence electrons. The van der Waals surface area contributed by atoms with E-state index in [9.17, 15) is 14.7 Å². The maximum atomic E-state index is 12.3. The van der Waals surface area contributed by atoms with Crippen molar-refractivity contribution in [3.8, 4) is 5.75 Å². The van der Waals surface area contributed by atoms with Crippen molar-refractivity contribution in [2.45, 2.75) is 58.5 Å². The summed E-state index contributed by atoms with van der Waals surface area (Å²) in [6.45, 7) is 9.46. The lowest BCUT2D eigenvalue weighted by molar-refractivity contribution is -0.149. The number of nitrogens with zero attached hydrogens (tertiary/aromatic N) is 1. The Bertz CT molecular complexity index is 646. The number of aliphatic carboxylic acids is 1. The monoisotopic (exact) mass is 435 g/mol. The van der Waals surface area contributed by atoms with Crippen molar-refractivity contribution >= 4 is 12.1 Å². The molecule has 1 aromatic carbocycles. The van der Waals surface area contributed by atoms with Gasteiger partial charge in [0.05, 0.1) is 6.54 Å². The average molecular weight is 436 g/mol. The number of carbonyl (C=O) groups excluding carboxylic acids is 1. The molecule has 0 aliphatic rings. The van der Waals surface area contributed by atoms with Gasteiger partial charge in [-0.25, -0.2) is 9.59 Å². The Balaban J connectivity index is 2.51. The number of unbranched alkanes of at least 4 members (excludes halogenated alkanes) is 4. The first kappa shape index (κ1) is 26.5. The van der Waals surface area contributed by atoms with Gasteiger partial charge in [-0.1, -0.05) is 57.4 Å². The second-order valence-corrected chi connectivity index (χ2v) is 7.25. The highest BCUT2D eigenvalue weighted by Gasteiger charge is 2.18. The van der Waals surface area contributed by atoms with Gasteiger partial charge in [0, 0.05) is 19.6 Å². The van der Waals surface area contributed by atoms with E-state index in [4.69, 9.17) is 14.2 Å². The minimum atomic E-state index is -0.972. The standard InChI is InChI=1S/C24H37NO6/c1-4-7-8-9-10-15-25(24(28)31-17-5-2)16-18-30-21-13-11-20(12-14-21)19-22(23(26)27)29-6-3/h5,11-14,22H,2,4,6-10,15-19H2,1,3H3,(H,26,27). The molecular formula is C24H37NO6. The Kier molecular flexibility index (Phi) is 13.8. The molecule has 31 heavy (non-hydrogen) atoms. The molecule has 0 heterocycles. The van der Waals surface area contributed by atoms with E-state index in [1.807, 2.05) is 12.1 Å². The third kappa shape index (κ3) is 11.4. The number of rotatable bonds is 17. The third-order valence-corrected chi connectivity index (χ3v) is 4.73. The van der Waals surface area contributed by atoms with Gasteiger partial charge in [0.1, 0.15) is 19.0 Å². The summed E-state index contributed by atoms with van der Waals surface area (Å²) in [5, 5.41) is 9.19. The molecule has 1 rings (SSSR count). The van der Waals surface area contributed by atoms with E-state index in [0.29, 0.717) is 38.5 Å². The first-order chi connectivity index (χ1) is 15.0. The predicted molar refractivity (Wildman–Crippen MR) is 121 cm³/mol. The molecule has 0 fully saturated rings. The topological polar surface area (TPSA) is 85.3 Å². The summed E-state index contributed by atoms with van der Waals surface area (Å²) < 4.78 is 16.2. The Morgan fingerprint density at radius 1 is 1.10 bits per heavy atom. The molecule has 1 atom stereocenters. The zero-order valence-corrected chi connectivity index (χ0v) is 18.9. The first-order valence-corrected chi connectivity index (χ1v) is 11.1. The smallest absolute Gasteiger partial charge is 0.410 e. The van der Waals surface area contributed by atoms with Crippen molar-refractivity contribution in [1.29, 1.82) is 0 Å². The van der Waals surface area contributed by atoms with E-state index in [0.717, 1.165) is 18.4 Å². The Hall–Kier alpha value is -2.54. The Labute approximate surface area is 186 Å². The number of hydrogen-bond donors (Lipinski definition) is 1. The molecule has 0 saturated heterocycles. The highest BCUT2D eigenvalue weighted by Crippen LogP contribution is 2.15. The lowest BCUT2D eigenvalue weighted by atomic mass is 10.1. The van der Waals surface area contributed by atoms with Crippen molar-refractivity contribution in [1.82, 2.24) is 4.90 Å². The maximum Gasteiger partial charge on any atom is 0.410 e. The van der Waals surface area contributed by atoms with Crippen molar-refractivity contribution in [2.75, 3.05) is 32.9 Å². The van der Waals surface area contributed by atoms with Gasteiger partial charge in [0.15, 0.2) is 6.10 Å². The van der Waals surface area contributed by atoms with Crippen molar-refractivity contribution < 1.29 is 28.9 Å². The molecule has 0 bridgehead atoms. The Morgan fingerprint density at radius 2 is 1.81 bits per heavy atom. The molecule has 0 aliphatic carbocycles. The van der Waals surface area contributed by atoms with Gasteiger partial charge in [-0.3, -0.25) is 0 Å². The second-order valence-electron chi connectivity index (χ2n) is 7.25. The lowest BCUT2D eigenvalue weighted by Gasteiger charge is -2.22.